The monoisotopic (exact) mass is 327 g/mol. The van der Waals surface area contributed by atoms with E-state index in [1.807, 2.05) is 4.57 Å². The molecule has 1 saturated heterocycles. The lowest BCUT2D eigenvalue weighted by atomic mass is 10.1. The first-order chi connectivity index (χ1) is 11.8. The Morgan fingerprint density at radius 1 is 0.958 bits per heavy atom. The molecule has 0 spiro atoms. The smallest absolute Gasteiger partial charge is 0.158 e. The summed E-state index contributed by atoms with van der Waals surface area (Å²) in [6.45, 7) is 5.85. The van der Waals surface area contributed by atoms with Gasteiger partial charge in [-0.2, -0.15) is 0 Å². The van der Waals surface area contributed by atoms with Gasteiger partial charge in [-0.05, 0) is 30.9 Å². The Hall–Kier alpha value is -1.92. The van der Waals surface area contributed by atoms with Crippen LogP contribution >= 0.6 is 0 Å². The number of nitrogens with zero attached hydrogens (tertiary/aromatic N) is 5. The van der Waals surface area contributed by atoms with Gasteiger partial charge in [0.15, 0.2) is 5.82 Å². The second kappa shape index (κ2) is 6.91. The van der Waals surface area contributed by atoms with Crippen LogP contribution in [0.25, 0.3) is 0 Å². The summed E-state index contributed by atoms with van der Waals surface area (Å²) < 4.78 is 2.05. The molecule has 3 heterocycles. The van der Waals surface area contributed by atoms with Crippen LogP contribution in [0.1, 0.15) is 36.5 Å². The predicted octanol–water partition coefficient (Wildman–Crippen LogP) is 1.78. The Morgan fingerprint density at radius 3 is 2.62 bits per heavy atom. The third-order valence-corrected chi connectivity index (χ3v) is 5.13. The molecular weight excluding hydrogens is 302 g/mol. The summed E-state index contributed by atoms with van der Waals surface area (Å²) in [6, 6.07) is 8.80. The molecule has 0 aliphatic carbocycles. The van der Waals surface area contributed by atoms with Crippen molar-refractivity contribution >= 4 is 5.69 Å². The zero-order chi connectivity index (χ0) is 16.4. The van der Waals surface area contributed by atoms with E-state index in [0.717, 1.165) is 32.0 Å². The Balaban J connectivity index is 1.50. The van der Waals surface area contributed by atoms with Crippen molar-refractivity contribution in [2.75, 3.05) is 24.5 Å². The van der Waals surface area contributed by atoms with E-state index in [4.69, 9.17) is 0 Å². The fourth-order valence-electron chi connectivity index (χ4n) is 3.85. The number of piperidine rings is 1. The Labute approximate surface area is 142 Å². The van der Waals surface area contributed by atoms with Gasteiger partial charge < -0.3 is 14.6 Å². The molecule has 0 bridgehead atoms. The lowest BCUT2D eigenvalue weighted by Crippen LogP contribution is -2.35. The maximum atomic E-state index is 9.32. The minimum atomic E-state index is -0.0369. The van der Waals surface area contributed by atoms with E-state index in [-0.39, 0.29) is 6.61 Å². The van der Waals surface area contributed by atoms with Gasteiger partial charge >= 0.3 is 0 Å². The van der Waals surface area contributed by atoms with Gasteiger partial charge in [0.25, 0.3) is 0 Å². The van der Waals surface area contributed by atoms with E-state index < -0.39 is 0 Å². The number of aromatic nitrogens is 3. The van der Waals surface area contributed by atoms with Crippen LogP contribution in [0.4, 0.5) is 5.69 Å². The molecule has 128 valence electrons. The lowest BCUT2D eigenvalue weighted by molar-refractivity contribution is 0.199. The molecule has 2 aliphatic rings. The number of hydrogen-bond donors (Lipinski definition) is 1. The average Bonchev–Trinajstić information content (AvgIpc) is 3.05. The first-order valence-corrected chi connectivity index (χ1v) is 8.92. The van der Waals surface area contributed by atoms with Gasteiger partial charge in [0.1, 0.15) is 12.4 Å². The van der Waals surface area contributed by atoms with Crippen LogP contribution < -0.4 is 4.90 Å². The van der Waals surface area contributed by atoms with Gasteiger partial charge in [-0.1, -0.05) is 18.2 Å². The topological polar surface area (TPSA) is 57.4 Å². The summed E-state index contributed by atoms with van der Waals surface area (Å²) >= 11 is 0. The molecule has 0 saturated carbocycles. The highest BCUT2D eigenvalue weighted by Crippen LogP contribution is 2.26. The van der Waals surface area contributed by atoms with Crippen molar-refractivity contribution in [3.8, 4) is 0 Å². The van der Waals surface area contributed by atoms with E-state index in [9.17, 15) is 5.11 Å². The van der Waals surface area contributed by atoms with Crippen LogP contribution in [0.15, 0.2) is 24.3 Å². The number of benzene rings is 1. The normalized spacial score (nSPS) is 18.6. The highest BCUT2D eigenvalue weighted by Gasteiger charge is 2.22. The van der Waals surface area contributed by atoms with Crippen molar-refractivity contribution < 1.29 is 5.11 Å². The highest BCUT2D eigenvalue weighted by atomic mass is 16.3. The molecule has 1 N–H and O–H groups in total. The molecule has 1 aromatic carbocycles. The lowest BCUT2D eigenvalue weighted by Gasteiger charge is -2.33. The summed E-state index contributed by atoms with van der Waals surface area (Å²) in [5.74, 6) is 1.64. The largest absolute Gasteiger partial charge is 0.388 e. The molecule has 0 atom stereocenters. The minimum absolute atomic E-state index is 0.0369. The van der Waals surface area contributed by atoms with Crippen LogP contribution in [0.5, 0.6) is 0 Å². The summed E-state index contributed by atoms with van der Waals surface area (Å²) in [6.07, 6.45) is 3.95. The number of fused-ring (bicyclic) bond motifs is 1. The van der Waals surface area contributed by atoms with Crippen molar-refractivity contribution in [2.45, 2.75) is 45.5 Å². The van der Waals surface area contributed by atoms with Crippen LogP contribution in [-0.2, 0) is 26.2 Å². The zero-order valence-electron chi connectivity index (χ0n) is 14.1. The van der Waals surface area contributed by atoms with Crippen molar-refractivity contribution in [1.82, 2.24) is 19.7 Å². The maximum Gasteiger partial charge on any atom is 0.158 e. The predicted molar refractivity (Wildman–Crippen MR) is 92.6 cm³/mol. The molecule has 1 aromatic heterocycles. The molecule has 2 aromatic rings. The third-order valence-electron chi connectivity index (χ3n) is 5.13. The van der Waals surface area contributed by atoms with E-state index in [1.54, 1.807) is 0 Å². The fraction of sp³-hybridized carbons (Fsp3) is 0.556. The van der Waals surface area contributed by atoms with Gasteiger partial charge in [0, 0.05) is 38.4 Å². The number of aliphatic hydroxyl groups is 1. The van der Waals surface area contributed by atoms with Crippen LogP contribution in [0.2, 0.25) is 0 Å². The number of aliphatic hydroxyl groups excluding tert-OH is 1. The van der Waals surface area contributed by atoms with Gasteiger partial charge in [0.05, 0.1) is 6.54 Å². The number of anilines is 1. The Bertz CT molecular complexity index is 692. The third kappa shape index (κ3) is 3.03. The number of rotatable bonds is 4. The zero-order valence-corrected chi connectivity index (χ0v) is 14.1. The number of para-hydroxylation sites is 1. The van der Waals surface area contributed by atoms with E-state index >= 15 is 0 Å². The quantitative estimate of drug-likeness (QED) is 0.927. The minimum Gasteiger partial charge on any atom is -0.388 e. The van der Waals surface area contributed by atoms with E-state index in [0.29, 0.717) is 5.82 Å². The summed E-state index contributed by atoms with van der Waals surface area (Å²) in [5, 5.41) is 17.6. The van der Waals surface area contributed by atoms with Crippen molar-refractivity contribution in [1.29, 1.82) is 0 Å². The first-order valence-electron chi connectivity index (χ1n) is 8.92. The number of hydrogen-bond acceptors (Lipinski definition) is 5. The molecule has 6 heteroatoms. The van der Waals surface area contributed by atoms with Gasteiger partial charge in [-0.3, -0.25) is 4.90 Å². The van der Waals surface area contributed by atoms with Gasteiger partial charge in [-0.15, -0.1) is 10.2 Å². The average molecular weight is 327 g/mol. The second-order valence-electron chi connectivity index (χ2n) is 6.73. The summed E-state index contributed by atoms with van der Waals surface area (Å²) in [7, 11) is 0. The van der Waals surface area contributed by atoms with Crippen LogP contribution in [-0.4, -0.2) is 44.4 Å². The fourth-order valence-corrected chi connectivity index (χ4v) is 3.85. The van der Waals surface area contributed by atoms with E-state index in [2.05, 4.69) is 44.3 Å². The highest BCUT2D eigenvalue weighted by molar-refractivity contribution is 5.53. The van der Waals surface area contributed by atoms with Gasteiger partial charge in [0.2, 0.25) is 0 Å². The van der Waals surface area contributed by atoms with Crippen molar-refractivity contribution in [3.63, 3.8) is 0 Å². The maximum absolute atomic E-state index is 9.32. The summed E-state index contributed by atoms with van der Waals surface area (Å²) in [5.41, 5.74) is 2.79. The molecule has 4 rings (SSSR count). The second-order valence-corrected chi connectivity index (χ2v) is 6.73. The van der Waals surface area contributed by atoms with Crippen molar-refractivity contribution in [3.05, 3.63) is 41.5 Å². The molecule has 6 nitrogen and oxygen atoms in total. The molecule has 0 unspecified atom stereocenters. The van der Waals surface area contributed by atoms with Gasteiger partial charge in [-0.25, -0.2) is 0 Å². The molecule has 24 heavy (non-hydrogen) atoms. The first kappa shape index (κ1) is 15.6. The summed E-state index contributed by atoms with van der Waals surface area (Å²) in [4.78, 5) is 4.96. The van der Waals surface area contributed by atoms with Crippen LogP contribution in [0, 0.1) is 0 Å². The molecule has 1 fully saturated rings. The van der Waals surface area contributed by atoms with E-state index in [1.165, 1.54) is 43.6 Å². The Morgan fingerprint density at radius 2 is 1.79 bits per heavy atom. The standard InChI is InChI=1S/C18H25N5O/c24-14-18-20-19-17-13-21(10-11-23(17)18)12-15-6-2-3-7-16(15)22-8-4-1-5-9-22/h2-3,6-7,24H,1,4-5,8-14H2. The molecule has 0 amide bonds. The molecule has 0 radical (unpaired) electrons. The Kier molecular flexibility index (Phi) is 4.49. The van der Waals surface area contributed by atoms with Crippen LogP contribution in [0.3, 0.4) is 0 Å². The van der Waals surface area contributed by atoms with Crippen molar-refractivity contribution in [2.24, 2.45) is 0 Å². The SMILES string of the molecule is OCc1nnc2n1CCN(Cc1ccccc1N1CCCCC1)C2. The molecule has 2 aliphatic heterocycles. The molecular formula is C18H25N5O.